The number of fused-ring (bicyclic) bond motifs is 1. The average molecular weight is 558 g/mol. The Morgan fingerprint density at radius 1 is 0.590 bits per heavy atom. The Hall–Kier alpha value is -2.42. The Labute approximate surface area is 233 Å². The molecule has 0 spiro atoms. The van der Waals surface area contributed by atoms with Crippen molar-refractivity contribution in [2.45, 2.75) is 38.9 Å². The molecule has 0 amide bonds. The van der Waals surface area contributed by atoms with Crippen molar-refractivity contribution in [3.63, 3.8) is 0 Å². The molecule has 0 aliphatic carbocycles. The van der Waals surface area contributed by atoms with Gasteiger partial charge < -0.3 is 18.4 Å². The molecule has 0 aromatic heterocycles. The molecule has 202 valence electrons. The third-order valence-corrected chi connectivity index (χ3v) is 11.1. The highest BCUT2D eigenvalue weighted by Gasteiger charge is 2.51. The van der Waals surface area contributed by atoms with Crippen LogP contribution in [-0.4, -0.2) is 45.0 Å². The second kappa shape index (κ2) is 9.60. The first-order valence-electron chi connectivity index (χ1n) is 13.3. The molecule has 0 unspecified atom stereocenters. The maximum absolute atomic E-state index is 13.1. The third-order valence-electron chi connectivity index (χ3n) is 8.13. The van der Waals surface area contributed by atoms with Gasteiger partial charge in [-0.3, -0.25) is 0 Å². The lowest BCUT2D eigenvalue weighted by Gasteiger charge is -2.32. The fourth-order valence-corrected chi connectivity index (χ4v) is 6.88. The molecule has 4 nitrogen and oxygen atoms in total. The van der Waals surface area contributed by atoms with E-state index in [2.05, 4.69) is 82.3 Å². The topological polar surface area (TPSA) is 52.6 Å². The van der Waals surface area contributed by atoms with Crippen LogP contribution in [0.1, 0.15) is 27.7 Å². The average Bonchev–Trinajstić information content (AvgIpc) is 3.08. The van der Waals surface area contributed by atoms with Gasteiger partial charge in [0.15, 0.2) is 0 Å². The van der Waals surface area contributed by atoms with Crippen LogP contribution in [0.15, 0.2) is 78.9 Å². The molecule has 4 aromatic rings. The maximum atomic E-state index is 13.1. The van der Waals surface area contributed by atoms with Crippen LogP contribution in [0.25, 0.3) is 33.0 Å². The highest BCUT2D eigenvalue weighted by molar-refractivity contribution is 7.71. The van der Waals surface area contributed by atoms with Gasteiger partial charge in [0, 0.05) is 10.6 Å². The second-order valence-corrected chi connectivity index (χ2v) is 18.8. The molecule has 1 fully saturated rings. The van der Waals surface area contributed by atoms with Crippen molar-refractivity contribution in [2.75, 3.05) is 26.7 Å². The van der Waals surface area contributed by atoms with Gasteiger partial charge in [-0.25, -0.2) is 0 Å². The lowest BCUT2D eigenvalue weighted by molar-refractivity contribution is 0.00578. The van der Waals surface area contributed by atoms with E-state index in [9.17, 15) is 9.13 Å². The molecule has 0 radical (unpaired) electrons. The molecule has 1 aliphatic rings. The SMILES string of the molecule is CC1(C)OB(c2ccc(-c3ccc(-c4cc(P(C)(C)=O)cc(P(C)(C)=O)c4)c4ccccc34)cc2)OC1(C)C. The van der Waals surface area contributed by atoms with Crippen molar-refractivity contribution in [3.8, 4) is 22.3 Å². The van der Waals surface area contributed by atoms with E-state index < -0.39 is 21.4 Å². The van der Waals surface area contributed by atoms with Gasteiger partial charge in [-0.1, -0.05) is 60.7 Å². The van der Waals surface area contributed by atoms with E-state index in [1.165, 1.54) is 0 Å². The van der Waals surface area contributed by atoms with Gasteiger partial charge in [0.05, 0.1) is 11.2 Å². The van der Waals surface area contributed by atoms with Gasteiger partial charge in [0.1, 0.15) is 14.3 Å². The highest BCUT2D eigenvalue weighted by Crippen LogP contribution is 2.42. The normalized spacial score (nSPS) is 17.1. The molecule has 1 heterocycles. The molecular formula is C32H37BO4P2. The zero-order valence-electron chi connectivity index (χ0n) is 24.1. The van der Waals surface area contributed by atoms with E-state index in [0.717, 1.165) is 49.1 Å². The van der Waals surface area contributed by atoms with Crippen LogP contribution < -0.4 is 16.1 Å². The minimum Gasteiger partial charge on any atom is -0.399 e. The van der Waals surface area contributed by atoms with E-state index in [0.29, 0.717) is 0 Å². The van der Waals surface area contributed by atoms with Crippen molar-refractivity contribution in [1.29, 1.82) is 0 Å². The standard InChI is InChI=1S/C32H37BO4P2/c1-31(2)32(3,4)37-33(36-31)24-15-13-22(14-16-24)27-17-18-28(30-12-10-9-11-29(27)30)23-19-25(38(5,6)34)21-26(20-23)39(7,8)35/h9-21H,1-8H3. The van der Waals surface area contributed by atoms with Crippen LogP contribution in [0.5, 0.6) is 0 Å². The van der Waals surface area contributed by atoms with Gasteiger partial charge in [-0.2, -0.15) is 0 Å². The van der Waals surface area contributed by atoms with Crippen LogP contribution in [0, 0.1) is 0 Å². The number of benzene rings is 4. The fraction of sp³-hybridized carbons (Fsp3) is 0.312. The van der Waals surface area contributed by atoms with E-state index in [-0.39, 0.29) is 11.2 Å². The minimum absolute atomic E-state index is 0.383. The van der Waals surface area contributed by atoms with E-state index in [4.69, 9.17) is 9.31 Å². The van der Waals surface area contributed by atoms with Gasteiger partial charge in [-0.05, 0) is 111 Å². The third kappa shape index (κ3) is 5.35. The van der Waals surface area contributed by atoms with Crippen molar-refractivity contribution in [2.24, 2.45) is 0 Å². The summed E-state index contributed by atoms with van der Waals surface area (Å²) < 4.78 is 38.6. The van der Waals surface area contributed by atoms with Crippen LogP contribution in [0.2, 0.25) is 0 Å². The molecule has 4 aromatic carbocycles. The zero-order valence-corrected chi connectivity index (χ0v) is 25.9. The first kappa shape index (κ1) is 28.1. The molecule has 0 saturated carbocycles. The van der Waals surface area contributed by atoms with E-state index in [1.54, 1.807) is 26.7 Å². The Bertz CT molecular complexity index is 1610. The molecular weight excluding hydrogens is 521 g/mol. The molecule has 39 heavy (non-hydrogen) atoms. The summed E-state index contributed by atoms with van der Waals surface area (Å²) in [5.74, 6) is 0. The van der Waals surface area contributed by atoms with Crippen LogP contribution >= 0.6 is 14.3 Å². The summed E-state index contributed by atoms with van der Waals surface area (Å²) in [6.45, 7) is 15.3. The molecule has 7 heteroatoms. The van der Waals surface area contributed by atoms with Crippen LogP contribution in [0.4, 0.5) is 0 Å². The molecule has 0 N–H and O–H groups in total. The molecule has 1 saturated heterocycles. The van der Waals surface area contributed by atoms with Gasteiger partial charge in [0.2, 0.25) is 0 Å². The summed E-state index contributed by atoms with van der Waals surface area (Å²) in [4.78, 5) is 0. The van der Waals surface area contributed by atoms with E-state index in [1.807, 2.05) is 24.3 Å². The summed E-state index contributed by atoms with van der Waals surface area (Å²) >= 11 is 0. The number of rotatable bonds is 5. The lowest BCUT2D eigenvalue weighted by Crippen LogP contribution is -2.41. The fourth-order valence-electron chi connectivity index (χ4n) is 4.97. The summed E-state index contributed by atoms with van der Waals surface area (Å²) in [5, 5.41) is 3.73. The lowest BCUT2D eigenvalue weighted by atomic mass is 9.78. The van der Waals surface area contributed by atoms with Crippen molar-refractivity contribution in [1.82, 2.24) is 0 Å². The predicted molar refractivity (Wildman–Crippen MR) is 169 cm³/mol. The molecule has 0 bridgehead atoms. The van der Waals surface area contributed by atoms with Gasteiger partial charge >= 0.3 is 7.12 Å². The first-order valence-corrected chi connectivity index (χ1v) is 18.5. The predicted octanol–water partition coefficient (Wildman–Crippen LogP) is 6.97. The van der Waals surface area contributed by atoms with Gasteiger partial charge in [0.25, 0.3) is 0 Å². The van der Waals surface area contributed by atoms with Crippen LogP contribution in [0.3, 0.4) is 0 Å². The largest absolute Gasteiger partial charge is 0.494 e. The summed E-state index contributed by atoms with van der Waals surface area (Å²) in [6.07, 6.45) is 0. The summed E-state index contributed by atoms with van der Waals surface area (Å²) in [7, 11) is -5.50. The Balaban J connectivity index is 1.59. The van der Waals surface area contributed by atoms with Crippen molar-refractivity contribution < 1.29 is 18.4 Å². The van der Waals surface area contributed by atoms with Gasteiger partial charge in [-0.15, -0.1) is 0 Å². The quantitative estimate of drug-likeness (QED) is 0.196. The zero-order chi connectivity index (χ0) is 28.4. The summed E-state index contributed by atoms with van der Waals surface area (Å²) in [6, 6.07) is 26.9. The monoisotopic (exact) mass is 558 g/mol. The van der Waals surface area contributed by atoms with E-state index >= 15 is 0 Å². The maximum Gasteiger partial charge on any atom is 0.494 e. The Morgan fingerprint density at radius 3 is 1.46 bits per heavy atom. The minimum atomic E-state index is -2.55. The molecule has 5 rings (SSSR count). The van der Waals surface area contributed by atoms with Crippen molar-refractivity contribution in [3.05, 3.63) is 78.9 Å². The Kier molecular flexibility index (Phi) is 6.92. The highest BCUT2D eigenvalue weighted by atomic mass is 31.2. The first-order chi connectivity index (χ1) is 18.1. The number of hydrogen-bond donors (Lipinski definition) is 0. The number of hydrogen-bond acceptors (Lipinski definition) is 4. The van der Waals surface area contributed by atoms with Crippen molar-refractivity contribution >= 4 is 48.2 Å². The molecule has 0 atom stereocenters. The second-order valence-electron chi connectivity index (χ2n) is 12.4. The smallest absolute Gasteiger partial charge is 0.399 e. The van der Waals surface area contributed by atoms with Crippen LogP contribution in [-0.2, 0) is 18.4 Å². The Morgan fingerprint density at radius 2 is 1.03 bits per heavy atom. The molecule has 1 aliphatic heterocycles. The summed E-state index contributed by atoms with van der Waals surface area (Å²) in [5.41, 5.74) is 4.43.